The molecule has 0 atom stereocenters. The third kappa shape index (κ3) is 0.865. The lowest BCUT2D eigenvalue weighted by Crippen LogP contribution is -1.89. The summed E-state index contributed by atoms with van der Waals surface area (Å²) in [7, 11) is 0. The van der Waals surface area contributed by atoms with Crippen molar-refractivity contribution in [3.8, 4) is 0 Å². The van der Waals surface area contributed by atoms with Crippen LogP contribution < -0.4 is 0 Å². The van der Waals surface area contributed by atoms with Crippen LogP contribution >= 0.6 is 0 Å². The van der Waals surface area contributed by atoms with E-state index in [9.17, 15) is 0 Å². The van der Waals surface area contributed by atoms with Crippen LogP contribution in [0.2, 0.25) is 0 Å². The zero-order valence-corrected chi connectivity index (χ0v) is 7.81. The fraction of sp³-hybridized carbons (Fsp3) is 0.0909. The molecule has 1 aromatic carbocycles. The van der Waals surface area contributed by atoms with Crippen LogP contribution in [0.3, 0.4) is 0 Å². The van der Waals surface area contributed by atoms with Crippen molar-refractivity contribution in [3.05, 3.63) is 42.2 Å². The molecule has 2 heterocycles. The van der Waals surface area contributed by atoms with Crippen LogP contribution in [0.4, 0.5) is 0 Å². The number of rotatable bonds is 0. The lowest BCUT2D eigenvalue weighted by molar-refractivity contribution is 1.11. The molecule has 0 aliphatic heterocycles. The van der Waals surface area contributed by atoms with Crippen LogP contribution in [0.15, 0.2) is 36.7 Å². The van der Waals surface area contributed by atoms with Crippen LogP contribution in [-0.4, -0.2) is 14.6 Å². The van der Waals surface area contributed by atoms with Crippen LogP contribution in [0.1, 0.15) is 5.56 Å². The molecule has 3 nitrogen and oxygen atoms in total. The molecule has 0 amide bonds. The van der Waals surface area contributed by atoms with Gasteiger partial charge in [0.25, 0.3) is 0 Å². The van der Waals surface area contributed by atoms with Gasteiger partial charge in [0, 0.05) is 0 Å². The molecule has 14 heavy (non-hydrogen) atoms. The van der Waals surface area contributed by atoms with Crippen molar-refractivity contribution in [2.24, 2.45) is 0 Å². The van der Waals surface area contributed by atoms with E-state index in [1.807, 2.05) is 10.5 Å². The highest BCUT2D eigenvalue weighted by Gasteiger charge is 2.02. The summed E-state index contributed by atoms with van der Waals surface area (Å²) in [5, 5.41) is 9.15. The SMILES string of the molecule is Cc1cccc2ccc3nncn3c12. The summed E-state index contributed by atoms with van der Waals surface area (Å²) < 4.78 is 2.02. The molecule has 0 spiro atoms. The Hall–Kier alpha value is -1.90. The van der Waals surface area contributed by atoms with E-state index in [-0.39, 0.29) is 0 Å². The van der Waals surface area contributed by atoms with Gasteiger partial charge >= 0.3 is 0 Å². The average molecular weight is 183 g/mol. The number of pyridine rings is 1. The van der Waals surface area contributed by atoms with E-state index in [0.717, 1.165) is 5.65 Å². The van der Waals surface area contributed by atoms with Gasteiger partial charge in [0.15, 0.2) is 5.65 Å². The fourth-order valence-corrected chi connectivity index (χ4v) is 1.84. The highest BCUT2D eigenvalue weighted by molar-refractivity contribution is 5.84. The molecule has 0 fully saturated rings. The topological polar surface area (TPSA) is 30.2 Å². The summed E-state index contributed by atoms with van der Waals surface area (Å²) in [6.45, 7) is 2.10. The fourth-order valence-electron chi connectivity index (χ4n) is 1.84. The number of aryl methyl sites for hydroxylation is 1. The molecule has 0 aliphatic carbocycles. The largest absolute Gasteiger partial charge is 0.281 e. The van der Waals surface area contributed by atoms with Gasteiger partial charge in [-0.25, -0.2) is 0 Å². The van der Waals surface area contributed by atoms with Crippen LogP contribution in [0, 0.1) is 6.92 Å². The van der Waals surface area contributed by atoms with Crippen molar-refractivity contribution < 1.29 is 0 Å². The third-order valence-electron chi connectivity index (χ3n) is 2.50. The van der Waals surface area contributed by atoms with Gasteiger partial charge in [0.05, 0.1) is 5.52 Å². The van der Waals surface area contributed by atoms with Crippen molar-refractivity contribution in [2.75, 3.05) is 0 Å². The summed E-state index contributed by atoms with van der Waals surface area (Å²) >= 11 is 0. The molecule has 0 bridgehead atoms. The highest BCUT2D eigenvalue weighted by Crippen LogP contribution is 2.18. The van der Waals surface area contributed by atoms with Gasteiger partial charge in [0.2, 0.25) is 0 Å². The van der Waals surface area contributed by atoms with E-state index in [2.05, 4.69) is 41.4 Å². The molecule has 0 saturated carbocycles. The summed E-state index contributed by atoms with van der Waals surface area (Å²) in [6.07, 6.45) is 1.75. The van der Waals surface area contributed by atoms with Crippen LogP contribution in [0.25, 0.3) is 16.6 Å². The minimum absolute atomic E-state index is 0.895. The van der Waals surface area contributed by atoms with Crippen molar-refractivity contribution >= 4 is 16.6 Å². The number of fused-ring (bicyclic) bond motifs is 3. The van der Waals surface area contributed by atoms with Crippen LogP contribution in [0.5, 0.6) is 0 Å². The highest BCUT2D eigenvalue weighted by atomic mass is 15.2. The minimum atomic E-state index is 0.895. The second kappa shape index (κ2) is 2.54. The summed E-state index contributed by atoms with van der Waals surface area (Å²) in [5.74, 6) is 0. The van der Waals surface area contributed by atoms with Gasteiger partial charge in [-0.05, 0) is 30.0 Å². The molecule has 0 unspecified atom stereocenters. The van der Waals surface area contributed by atoms with Gasteiger partial charge in [0.1, 0.15) is 6.33 Å². The second-order valence-corrected chi connectivity index (χ2v) is 3.41. The Morgan fingerprint density at radius 3 is 3.00 bits per heavy atom. The maximum Gasteiger partial charge on any atom is 0.161 e. The summed E-state index contributed by atoms with van der Waals surface area (Å²) in [4.78, 5) is 0. The maximum atomic E-state index is 4.02. The zero-order chi connectivity index (χ0) is 9.54. The third-order valence-corrected chi connectivity index (χ3v) is 2.50. The van der Waals surface area contributed by atoms with Gasteiger partial charge < -0.3 is 0 Å². The standard InChI is InChI=1S/C11H9N3/c1-8-3-2-4-9-5-6-10-13-12-7-14(10)11(8)9/h2-7H,1H3. The van der Waals surface area contributed by atoms with Gasteiger partial charge in [-0.2, -0.15) is 0 Å². The summed E-state index contributed by atoms with van der Waals surface area (Å²) in [5.41, 5.74) is 3.33. The Kier molecular flexibility index (Phi) is 1.36. The Bertz CT molecular complexity index is 610. The molecule has 0 aliphatic rings. The lowest BCUT2D eigenvalue weighted by atomic mass is 10.1. The molecule has 0 radical (unpaired) electrons. The number of hydrogen-bond donors (Lipinski definition) is 0. The zero-order valence-electron chi connectivity index (χ0n) is 7.81. The molecular weight excluding hydrogens is 174 g/mol. The molecule has 3 heteroatoms. The van der Waals surface area contributed by atoms with E-state index in [0.29, 0.717) is 0 Å². The molecule has 3 rings (SSSR count). The predicted octanol–water partition coefficient (Wildman–Crippen LogP) is 2.19. The molecule has 0 N–H and O–H groups in total. The normalized spacial score (nSPS) is 11.2. The first-order chi connectivity index (χ1) is 6.86. The van der Waals surface area contributed by atoms with Gasteiger partial charge in [-0.15, -0.1) is 10.2 Å². The first-order valence-corrected chi connectivity index (χ1v) is 4.54. The Balaban J connectivity index is 2.67. The number of para-hydroxylation sites is 1. The molecule has 68 valence electrons. The predicted molar refractivity (Wildman–Crippen MR) is 55.2 cm³/mol. The molecular formula is C11H9N3. The lowest BCUT2D eigenvalue weighted by Gasteiger charge is -2.03. The molecule has 0 saturated heterocycles. The van der Waals surface area contributed by atoms with Crippen molar-refractivity contribution in [1.82, 2.24) is 14.6 Å². The Labute approximate surface area is 81.0 Å². The van der Waals surface area contributed by atoms with E-state index >= 15 is 0 Å². The van der Waals surface area contributed by atoms with Crippen molar-refractivity contribution in [3.63, 3.8) is 0 Å². The number of nitrogens with zero attached hydrogens (tertiary/aromatic N) is 3. The van der Waals surface area contributed by atoms with E-state index < -0.39 is 0 Å². The Morgan fingerprint density at radius 2 is 2.07 bits per heavy atom. The first kappa shape index (κ1) is 7.50. The second-order valence-electron chi connectivity index (χ2n) is 3.41. The van der Waals surface area contributed by atoms with Crippen molar-refractivity contribution in [1.29, 1.82) is 0 Å². The summed E-state index contributed by atoms with van der Waals surface area (Å²) in [6, 6.07) is 10.3. The first-order valence-electron chi connectivity index (χ1n) is 4.54. The van der Waals surface area contributed by atoms with E-state index in [4.69, 9.17) is 0 Å². The minimum Gasteiger partial charge on any atom is -0.281 e. The molecule has 3 aromatic rings. The maximum absolute atomic E-state index is 4.02. The number of hydrogen-bond acceptors (Lipinski definition) is 2. The van der Waals surface area contributed by atoms with E-state index in [1.54, 1.807) is 6.33 Å². The van der Waals surface area contributed by atoms with Crippen LogP contribution in [-0.2, 0) is 0 Å². The van der Waals surface area contributed by atoms with Gasteiger partial charge in [-0.3, -0.25) is 4.40 Å². The molecule has 2 aromatic heterocycles. The number of aromatic nitrogens is 3. The quantitative estimate of drug-likeness (QED) is 0.534. The smallest absolute Gasteiger partial charge is 0.161 e. The Morgan fingerprint density at radius 1 is 1.14 bits per heavy atom. The monoisotopic (exact) mass is 183 g/mol. The van der Waals surface area contributed by atoms with Gasteiger partial charge in [-0.1, -0.05) is 18.2 Å². The van der Waals surface area contributed by atoms with Crippen molar-refractivity contribution in [2.45, 2.75) is 6.92 Å². The number of benzene rings is 1. The van der Waals surface area contributed by atoms with E-state index in [1.165, 1.54) is 16.5 Å². The average Bonchev–Trinajstić information content (AvgIpc) is 2.65.